The molecule has 6 nitrogen and oxygen atoms in total. The summed E-state index contributed by atoms with van der Waals surface area (Å²) in [7, 11) is 0. The fraction of sp³-hybridized carbons (Fsp3) is 0.353. The van der Waals surface area contributed by atoms with Crippen molar-refractivity contribution in [1.29, 1.82) is 0 Å². The molecule has 1 atom stereocenters. The topological polar surface area (TPSA) is 75.4 Å². The van der Waals surface area contributed by atoms with E-state index in [1.807, 2.05) is 6.92 Å². The number of carboxylic acids is 1. The van der Waals surface area contributed by atoms with E-state index in [1.54, 1.807) is 33.8 Å². The molecule has 1 fully saturated rings. The first-order valence-corrected chi connectivity index (χ1v) is 8.67. The lowest BCUT2D eigenvalue weighted by Gasteiger charge is -2.22. The number of carbonyl (C=O) groups excluding carboxylic acids is 1. The van der Waals surface area contributed by atoms with Gasteiger partial charge in [0.1, 0.15) is 0 Å². The molecule has 1 unspecified atom stereocenters. The van der Waals surface area contributed by atoms with Crippen LogP contribution in [0.4, 0.5) is 0 Å². The molecule has 1 amide bonds. The van der Waals surface area contributed by atoms with Crippen molar-refractivity contribution in [1.82, 2.24) is 14.7 Å². The Labute approximate surface area is 154 Å². The molecule has 132 valence electrons. The fourth-order valence-electron chi connectivity index (χ4n) is 3.14. The van der Waals surface area contributed by atoms with Crippen LogP contribution < -0.4 is 0 Å². The standard InChI is InChI=1S/C17H17Cl2N3O3/c1-10-7-14(17(25)21-6-2-3-12(21)9-16(23)24)20-22(10)15-5-4-11(18)8-13(15)19/h4-5,7-8,12H,2-3,6,9H2,1H3,(H,23,24). The van der Waals surface area contributed by atoms with E-state index in [1.165, 1.54) is 0 Å². The maximum absolute atomic E-state index is 12.8. The van der Waals surface area contributed by atoms with E-state index in [0.29, 0.717) is 28.7 Å². The van der Waals surface area contributed by atoms with Gasteiger partial charge in [-0.3, -0.25) is 9.59 Å². The third kappa shape index (κ3) is 3.65. The Morgan fingerprint density at radius 3 is 2.76 bits per heavy atom. The third-order valence-electron chi connectivity index (χ3n) is 4.29. The van der Waals surface area contributed by atoms with E-state index in [9.17, 15) is 9.59 Å². The summed E-state index contributed by atoms with van der Waals surface area (Å²) < 4.78 is 1.59. The molecule has 1 saturated heterocycles. The second-order valence-electron chi connectivity index (χ2n) is 6.07. The Hall–Kier alpha value is -2.05. The zero-order chi connectivity index (χ0) is 18.1. The van der Waals surface area contributed by atoms with Crippen molar-refractivity contribution < 1.29 is 14.7 Å². The van der Waals surface area contributed by atoms with Crippen LogP contribution in [0.1, 0.15) is 35.4 Å². The van der Waals surface area contributed by atoms with E-state index in [0.717, 1.165) is 12.1 Å². The summed E-state index contributed by atoms with van der Waals surface area (Å²) in [6, 6.07) is 6.46. The van der Waals surface area contributed by atoms with Gasteiger partial charge in [-0.05, 0) is 44.0 Å². The molecule has 1 aliphatic heterocycles. The number of halogens is 2. The zero-order valence-electron chi connectivity index (χ0n) is 13.6. The van der Waals surface area contributed by atoms with Crippen LogP contribution in [0.25, 0.3) is 5.69 Å². The number of carboxylic acid groups (broad SMARTS) is 1. The summed E-state index contributed by atoms with van der Waals surface area (Å²) >= 11 is 12.1. The van der Waals surface area contributed by atoms with E-state index in [2.05, 4.69) is 5.10 Å². The molecular formula is C17H17Cl2N3O3. The predicted molar refractivity (Wildman–Crippen MR) is 94.6 cm³/mol. The van der Waals surface area contributed by atoms with Crippen LogP contribution in [-0.4, -0.2) is 44.3 Å². The summed E-state index contributed by atoms with van der Waals surface area (Å²) in [6.45, 7) is 2.37. The molecule has 1 aromatic carbocycles. The largest absolute Gasteiger partial charge is 0.481 e. The Morgan fingerprint density at radius 1 is 1.32 bits per heavy atom. The smallest absolute Gasteiger partial charge is 0.305 e. The first-order valence-electron chi connectivity index (χ1n) is 7.91. The van der Waals surface area contributed by atoms with Gasteiger partial charge in [0.15, 0.2) is 5.69 Å². The lowest BCUT2D eigenvalue weighted by molar-refractivity contribution is -0.137. The molecule has 1 aliphatic rings. The van der Waals surface area contributed by atoms with E-state index >= 15 is 0 Å². The highest BCUT2D eigenvalue weighted by Gasteiger charge is 2.32. The van der Waals surface area contributed by atoms with Crippen LogP contribution in [0.3, 0.4) is 0 Å². The number of likely N-dealkylation sites (tertiary alicyclic amines) is 1. The van der Waals surface area contributed by atoms with E-state index in [-0.39, 0.29) is 24.1 Å². The van der Waals surface area contributed by atoms with Gasteiger partial charge in [0.2, 0.25) is 0 Å². The normalized spacial score (nSPS) is 17.1. The predicted octanol–water partition coefficient (Wildman–Crippen LogP) is 3.57. The number of rotatable bonds is 4. The number of aromatic nitrogens is 2. The molecule has 1 N–H and O–H groups in total. The number of amides is 1. The van der Waals surface area contributed by atoms with Crippen molar-refractivity contribution in [3.05, 3.63) is 45.7 Å². The van der Waals surface area contributed by atoms with Crippen LogP contribution >= 0.6 is 23.2 Å². The summed E-state index contributed by atoms with van der Waals surface area (Å²) in [5, 5.41) is 14.3. The maximum Gasteiger partial charge on any atom is 0.305 e. The van der Waals surface area contributed by atoms with Crippen LogP contribution in [0.5, 0.6) is 0 Å². The first-order chi connectivity index (χ1) is 11.9. The molecule has 1 aromatic heterocycles. The average Bonchev–Trinajstić information content (AvgIpc) is 3.13. The highest BCUT2D eigenvalue weighted by molar-refractivity contribution is 6.35. The quantitative estimate of drug-likeness (QED) is 0.877. The number of nitrogens with zero attached hydrogens (tertiary/aromatic N) is 3. The van der Waals surface area contributed by atoms with Crippen LogP contribution in [-0.2, 0) is 4.79 Å². The summed E-state index contributed by atoms with van der Waals surface area (Å²) in [5.41, 5.74) is 1.66. The van der Waals surface area contributed by atoms with Crippen molar-refractivity contribution in [3.63, 3.8) is 0 Å². The minimum Gasteiger partial charge on any atom is -0.481 e. The van der Waals surface area contributed by atoms with Gasteiger partial charge in [0, 0.05) is 23.3 Å². The average molecular weight is 382 g/mol. The Morgan fingerprint density at radius 2 is 2.08 bits per heavy atom. The van der Waals surface area contributed by atoms with Gasteiger partial charge in [-0.1, -0.05) is 23.2 Å². The second-order valence-corrected chi connectivity index (χ2v) is 6.91. The van der Waals surface area contributed by atoms with Crippen LogP contribution in [0.15, 0.2) is 24.3 Å². The molecule has 0 bridgehead atoms. The number of hydrogen-bond acceptors (Lipinski definition) is 3. The molecule has 0 spiro atoms. The molecule has 3 rings (SSSR count). The van der Waals surface area contributed by atoms with Crippen molar-refractivity contribution in [2.45, 2.75) is 32.2 Å². The zero-order valence-corrected chi connectivity index (χ0v) is 15.1. The molecule has 2 heterocycles. The van der Waals surface area contributed by atoms with Crippen LogP contribution in [0, 0.1) is 6.92 Å². The van der Waals surface area contributed by atoms with Gasteiger partial charge in [-0.15, -0.1) is 0 Å². The lowest BCUT2D eigenvalue weighted by atomic mass is 10.1. The van der Waals surface area contributed by atoms with Crippen molar-refractivity contribution >= 4 is 35.1 Å². The number of carbonyl (C=O) groups is 2. The molecule has 8 heteroatoms. The third-order valence-corrected chi connectivity index (χ3v) is 4.83. The van der Waals surface area contributed by atoms with Gasteiger partial charge in [-0.25, -0.2) is 4.68 Å². The second kappa shape index (κ2) is 7.06. The van der Waals surface area contributed by atoms with Crippen LogP contribution in [0.2, 0.25) is 10.0 Å². The highest BCUT2D eigenvalue weighted by atomic mass is 35.5. The van der Waals surface area contributed by atoms with E-state index < -0.39 is 5.97 Å². The van der Waals surface area contributed by atoms with Gasteiger partial charge in [-0.2, -0.15) is 5.10 Å². The summed E-state index contributed by atoms with van der Waals surface area (Å²) in [4.78, 5) is 25.4. The molecule has 0 saturated carbocycles. The maximum atomic E-state index is 12.8. The molecular weight excluding hydrogens is 365 g/mol. The fourth-order valence-corrected chi connectivity index (χ4v) is 3.63. The van der Waals surface area contributed by atoms with Gasteiger partial charge in [0.25, 0.3) is 5.91 Å². The monoisotopic (exact) mass is 381 g/mol. The number of aryl methyl sites for hydroxylation is 1. The summed E-state index contributed by atoms with van der Waals surface area (Å²) in [5.74, 6) is -1.16. The molecule has 25 heavy (non-hydrogen) atoms. The van der Waals surface area contributed by atoms with Gasteiger partial charge in [0.05, 0.1) is 17.1 Å². The Balaban J connectivity index is 1.89. The molecule has 2 aromatic rings. The van der Waals surface area contributed by atoms with Gasteiger partial charge >= 0.3 is 5.97 Å². The minimum absolute atomic E-state index is 0.0472. The minimum atomic E-state index is -0.903. The van der Waals surface area contributed by atoms with Crippen molar-refractivity contribution in [2.75, 3.05) is 6.54 Å². The lowest BCUT2D eigenvalue weighted by Crippen LogP contribution is -2.37. The highest BCUT2D eigenvalue weighted by Crippen LogP contribution is 2.27. The number of benzene rings is 1. The first kappa shape index (κ1) is 17.8. The van der Waals surface area contributed by atoms with E-state index in [4.69, 9.17) is 28.3 Å². The summed E-state index contributed by atoms with van der Waals surface area (Å²) in [6.07, 6.45) is 1.45. The Kier molecular flexibility index (Phi) is 5.01. The molecule has 0 aliphatic carbocycles. The Bertz CT molecular complexity index is 835. The van der Waals surface area contributed by atoms with Crippen molar-refractivity contribution in [2.24, 2.45) is 0 Å². The van der Waals surface area contributed by atoms with Crippen molar-refractivity contribution in [3.8, 4) is 5.69 Å². The molecule has 0 radical (unpaired) electrons. The SMILES string of the molecule is Cc1cc(C(=O)N2CCCC2CC(=O)O)nn1-c1ccc(Cl)cc1Cl. The number of aliphatic carboxylic acids is 1. The van der Waals surface area contributed by atoms with Gasteiger partial charge < -0.3 is 10.0 Å². The number of hydrogen-bond donors (Lipinski definition) is 1.